The fourth-order valence-corrected chi connectivity index (χ4v) is 3.99. The van der Waals surface area contributed by atoms with Crippen LogP contribution in [0.5, 0.6) is 0 Å². The van der Waals surface area contributed by atoms with Crippen molar-refractivity contribution in [3.05, 3.63) is 29.3 Å². The van der Waals surface area contributed by atoms with Gasteiger partial charge in [0.2, 0.25) is 11.8 Å². The lowest BCUT2D eigenvalue weighted by atomic mass is 10.00. The summed E-state index contributed by atoms with van der Waals surface area (Å²) in [6.45, 7) is 2.88. The second kappa shape index (κ2) is 8.73. The SMILES string of the molecule is N[C@@H]1CCC[C@H]1CC(=O)NCC(=O)N1CCN(c2cccc(Cl)c2)CC1. The van der Waals surface area contributed by atoms with Crippen LogP contribution < -0.4 is 16.0 Å². The second-order valence-electron chi connectivity index (χ2n) is 7.18. The molecule has 1 aromatic rings. The van der Waals surface area contributed by atoms with Crippen LogP contribution in [0.3, 0.4) is 0 Å². The number of nitrogens with two attached hydrogens (primary N) is 1. The first-order valence-corrected chi connectivity index (χ1v) is 9.71. The van der Waals surface area contributed by atoms with Crippen LogP contribution in [0, 0.1) is 5.92 Å². The summed E-state index contributed by atoms with van der Waals surface area (Å²) in [6.07, 6.45) is 3.52. The van der Waals surface area contributed by atoms with Crippen molar-refractivity contribution < 1.29 is 9.59 Å². The van der Waals surface area contributed by atoms with Crippen molar-refractivity contribution >= 4 is 29.1 Å². The van der Waals surface area contributed by atoms with E-state index in [0.717, 1.165) is 38.0 Å². The molecule has 3 N–H and O–H groups in total. The van der Waals surface area contributed by atoms with Gasteiger partial charge in [-0.25, -0.2) is 0 Å². The van der Waals surface area contributed by atoms with Crippen molar-refractivity contribution in [2.75, 3.05) is 37.6 Å². The molecule has 2 amide bonds. The molecule has 1 aliphatic carbocycles. The number of nitrogens with zero attached hydrogens (tertiary/aromatic N) is 2. The number of carbonyl (C=O) groups excluding carboxylic acids is 2. The van der Waals surface area contributed by atoms with Crippen LogP contribution >= 0.6 is 11.6 Å². The number of amides is 2. The Kier molecular flexibility index (Phi) is 6.38. The van der Waals surface area contributed by atoms with E-state index >= 15 is 0 Å². The number of benzene rings is 1. The minimum absolute atomic E-state index is 0.0279. The number of anilines is 1. The van der Waals surface area contributed by atoms with E-state index in [4.69, 9.17) is 17.3 Å². The highest BCUT2D eigenvalue weighted by Gasteiger charge is 2.27. The molecule has 3 rings (SSSR count). The fourth-order valence-electron chi connectivity index (χ4n) is 3.80. The molecule has 0 aromatic heterocycles. The molecule has 0 spiro atoms. The number of halogens is 1. The Morgan fingerprint density at radius 3 is 2.62 bits per heavy atom. The summed E-state index contributed by atoms with van der Waals surface area (Å²) in [4.78, 5) is 28.4. The number of piperazine rings is 1. The molecule has 1 heterocycles. The molecule has 0 bridgehead atoms. The lowest BCUT2D eigenvalue weighted by Gasteiger charge is -2.36. The first-order valence-electron chi connectivity index (χ1n) is 9.33. The zero-order chi connectivity index (χ0) is 18.5. The molecule has 142 valence electrons. The summed E-state index contributed by atoms with van der Waals surface area (Å²) in [5, 5.41) is 3.47. The summed E-state index contributed by atoms with van der Waals surface area (Å²) in [6, 6.07) is 7.87. The largest absolute Gasteiger partial charge is 0.368 e. The van der Waals surface area contributed by atoms with Crippen molar-refractivity contribution in [2.45, 2.75) is 31.7 Å². The molecule has 2 aliphatic rings. The van der Waals surface area contributed by atoms with Gasteiger partial charge in [0.25, 0.3) is 0 Å². The van der Waals surface area contributed by atoms with E-state index in [0.29, 0.717) is 24.5 Å². The van der Waals surface area contributed by atoms with E-state index in [-0.39, 0.29) is 30.3 Å². The van der Waals surface area contributed by atoms with E-state index in [9.17, 15) is 9.59 Å². The molecule has 1 aromatic carbocycles. The minimum atomic E-state index is -0.0711. The number of carbonyl (C=O) groups is 2. The first-order chi connectivity index (χ1) is 12.5. The molecular formula is C19H27ClN4O2. The van der Waals surface area contributed by atoms with Crippen LogP contribution in [0.4, 0.5) is 5.69 Å². The molecule has 0 unspecified atom stereocenters. The Labute approximate surface area is 159 Å². The fraction of sp³-hybridized carbons (Fsp3) is 0.579. The first kappa shape index (κ1) is 19.0. The van der Waals surface area contributed by atoms with Crippen molar-refractivity contribution in [2.24, 2.45) is 11.7 Å². The zero-order valence-electron chi connectivity index (χ0n) is 15.0. The van der Waals surface area contributed by atoms with Gasteiger partial charge in [0.05, 0.1) is 6.54 Å². The predicted molar refractivity (Wildman–Crippen MR) is 103 cm³/mol. The van der Waals surface area contributed by atoms with Crippen molar-refractivity contribution in [3.63, 3.8) is 0 Å². The Balaban J connectivity index is 1.40. The lowest BCUT2D eigenvalue weighted by Crippen LogP contribution is -2.51. The molecule has 6 nitrogen and oxygen atoms in total. The third kappa shape index (κ3) is 4.89. The molecule has 0 radical (unpaired) electrons. The van der Waals surface area contributed by atoms with Gasteiger partial charge in [-0.2, -0.15) is 0 Å². The number of hydrogen-bond donors (Lipinski definition) is 2. The third-order valence-electron chi connectivity index (χ3n) is 5.41. The molecule has 26 heavy (non-hydrogen) atoms. The van der Waals surface area contributed by atoms with Gasteiger partial charge in [-0.3, -0.25) is 9.59 Å². The Morgan fingerprint density at radius 1 is 1.19 bits per heavy atom. The van der Waals surface area contributed by atoms with Gasteiger partial charge in [-0.15, -0.1) is 0 Å². The Bertz CT molecular complexity index is 646. The maximum atomic E-state index is 12.3. The number of rotatable bonds is 5. The summed E-state index contributed by atoms with van der Waals surface area (Å²) < 4.78 is 0. The minimum Gasteiger partial charge on any atom is -0.368 e. The summed E-state index contributed by atoms with van der Waals surface area (Å²) >= 11 is 6.04. The van der Waals surface area contributed by atoms with Gasteiger partial charge in [0.1, 0.15) is 0 Å². The van der Waals surface area contributed by atoms with Crippen LogP contribution in [-0.2, 0) is 9.59 Å². The molecular weight excluding hydrogens is 352 g/mol. The quantitative estimate of drug-likeness (QED) is 0.816. The van der Waals surface area contributed by atoms with Crippen LogP contribution in [0.1, 0.15) is 25.7 Å². The zero-order valence-corrected chi connectivity index (χ0v) is 15.8. The average Bonchev–Trinajstić information content (AvgIpc) is 3.04. The van der Waals surface area contributed by atoms with E-state index in [2.05, 4.69) is 10.2 Å². The molecule has 7 heteroatoms. The van der Waals surface area contributed by atoms with Gasteiger partial charge in [0.15, 0.2) is 0 Å². The molecule has 1 saturated carbocycles. The van der Waals surface area contributed by atoms with Crippen LogP contribution in [0.2, 0.25) is 5.02 Å². The summed E-state index contributed by atoms with van der Waals surface area (Å²) in [5.41, 5.74) is 7.08. The van der Waals surface area contributed by atoms with Crippen molar-refractivity contribution in [1.82, 2.24) is 10.2 Å². The topological polar surface area (TPSA) is 78.7 Å². The molecule has 2 fully saturated rings. The maximum Gasteiger partial charge on any atom is 0.242 e. The van der Waals surface area contributed by atoms with Crippen LogP contribution in [0.15, 0.2) is 24.3 Å². The van der Waals surface area contributed by atoms with Gasteiger partial charge >= 0.3 is 0 Å². The highest BCUT2D eigenvalue weighted by atomic mass is 35.5. The maximum absolute atomic E-state index is 12.3. The van der Waals surface area contributed by atoms with Crippen LogP contribution in [-0.4, -0.2) is 55.5 Å². The number of hydrogen-bond acceptors (Lipinski definition) is 4. The second-order valence-corrected chi connectivity index (χ2v) is 7.62. The third-order valence-corrected chi connectivity index (χ3v) is 5.64. The van der Waals surface area contributed by atoms with E-state index in [1.165, 1.54) is 0 Å². The highest BCUT2D eigenvalue weighted by molar-refractivity contribution is 6.30. The lowest BCUT2D eigenvalue weighted by molar-refractivity contribution is -0.133. The highest BCUT2D eigenvalue weighted by Crippen LogP contribution is 2.26. The normalized spacial score (nSPS) is 23.2. The number of nitrogens with one attached hydrogen (secondary N) is 1. The van der Waals surface area contributed by atoms with Crippen molar-refractivity contribution in [3.8, 4) is 0 Å². The average molecular weight is 379 g/mol. The monoisotopic (exact) mass is 378 g/mol. The van der Waals surface area contributed by atoms with E-state index < -0.39 is 0 Å². The van der Waals surface area contributed by atoms with Gasteiger partial charge in [-0.1, -0.05) is 24.1 Å². The predicted octanol–water partition coefficient (Wildman–Crippen LogP) is 1.62. The summed E-state index contributed by atoms with van der Waals surface area (Å²) in [7, 11) is 0. The summed E-state index contributed by atoms with van der Waals surface area (Å²) in [5.74, 6) is 0.157. The molecule has 2 atom stereocenters. The van der Waals surface area contributed by atoms with Crippen LogP contribution in [0.25, 0.3) is 0 Å². The van der Waals surface area contributed by atoms with E-state index in [1.807, 2.05) is 29.2 Å². The Hall–Kier alpha value is -1.79. The molecule has 1 aliphatic heterocycles. The van der Waals surface area contributed by atoms with E-state index in [1.54, 1.807) is 0 Å². The standard InChI is InChI=1S/C19H27ClN4O2/c20-15-4-2-5-16(12-15)23-7-9-24(10-8-23)19(26)13-22-18(25)11-14-3-1-6-17(14)21/h2,4-5,12,14,17H,1,3,6-11,13,21H2,(H,22,25)/t14-,17+/m0/s1. The Morgan fingerprint density at radius 2 is 1.96 bits per heavy atom. The smallest absolute Gasteiger partial charge is 0.242 e. The van der Waals surface area contributed by atoms with Crippen molar-refractivity contribution in [1.29, 1.82) is 0 Å². The molecule has 1 saturated heterocycles. The van der Waals surface area contributed by atoms with Gasteiger partial charge in [-0.05, 0) is 37.0 Å². The van der Waals surface area contributed by atoms with Gasteiger partial charge in [0, 0.05) is 49.4 Å². The van der Waals surface area contributed by atoms with Gasteiger partial charge < -0.3 is 20.9 Å².